The van der Waals surface area contributed by atoms with Crippen LogP contribution in [-0.4, -0.2) is 26.1 Å². The second kappa shape index (κ2) is 7.29. The Bertz CT molecular complexity index is 383. The van der Waals surface area contributed by atoms with E-state index >= 15 is 0 Å². The van der Waals surface area contributed by atoms with Gasteiger partial charge in [0.2, 0.25) is 5.91 Å². The average Bonchev–Trinajstić information content (AvgIpc) is 2.34. The molecular weight excluding hydrogens is 284 g/mol. The van der Waals surface area contributed by atoms with E-state index in [1.165, 1.54) is 0 Å². The highest BCUT2D eigenvalue weighted by atomic mass is 79.9. The zero-order valence-corrected chi connectivity index (χ0v) is 11.6. The molecule has 1 aromatic rings. The van der Waals surface area contributed by atoms with Crippen LogP contribution < -0.4 is 15.4 Å². The van der Waals surface area contributed by atoms with Gasteiger partial charge in [0.1, 0.15) is 5.75 Å². The fraction of sp³-hybridized carbons (Fsp3) is 0.417. The Balaban J connectivity index is 2.47. The molecule has 5 heteroatoms. The molecule has 0 fully saturated rings. The number of ether oxygens (including phenoxy) is 1. The highest BCUT2D eigenvalue weighted by Gasteiger charge is 2.03. The lowest BCUT2D eigenvalue weighted by atomic mass is 10.2. The van der Waals surface area contributed by atoms with E-state index in [0.717, 1.165) is 22.3 Å². The van der Waals surface area contributed by atoms with Gasteiger partial charge in [-0.3, -0.25) is 4.79 Å². The molecule has 0 spiro atoms. The second-order valence-corrected chi connectivity index (χ2v) is 4.38. The Hall–Kier alpha value is -1.07. The number of hydrogen-bond donors (Lipinski definition) is 2. The minimum absolute atomic E-state index is 0.00112. The van der Waals surface area contributed by atoms with Gasteiger partial charge in [0.25, 0.3) is 0 Å². The third-order valence-electron chi connectivity index (χ3n) is 2.24. The van der Waals surface area contributed by atoms with Crippen LogP contribution in [0, 0.1) is 0 Å². The van der Waals surface area contributed by atoms with Gasteiger partial charge in [-0.2, -0.15) is 0 Å². The predicted octanol–water partition coefficient (Wildman–Crippen LogP) is 1.68. The van der Waals surface area contributed by atoms with E-state index in [2.05, 4.69) is 26.6 Å². The molecule has 0 bridgehead atoms. The first-order valence-electron chi connectivity index (χ1n) is 5.47. The van der Waals surface area contributed by atoms with Crippen molar-refractivity contribution in [3.63, 3.8) is 0 Å². The number of carbonyl (C=O) groups excluding carboxylic acids is 1. The smallest absolute Gasteiger partial charge is 0.234 e. The van der Waals surface area contributed by atoms with Crippen LogP contribution in [0.15, 0.2) is 22.7 Å². The molecule has 0 aliphatic heterocycles. The Morgan fingerprint density at radius 2 is 2.24 bits per heavy atom. The largest absolute Gasteiger partial charge is 0.496 e. The van der Waals surface area contributed by atoms with Gasteiger partial charge in [0.05, 0.1) is 18.1 Å². The molecule has 17 heavy (non-hydrogen) atoms. The van der Waals surface area contributed by atoms with Crippen molar-refractivity contribution in [2.24, 2.45) is 0 Å². The summed E-state index contributed by atoms with van der Waals surface area (Å²) in [6.45, 7) is 3.63. The lowest BCUT2D eigenvalue weighted by molar-refractivity contribution is -0.120. The van der Waals surface area contributed by atoms with Crippen molar-refractivity contribution >= 4 is 21.8 Å². The summed E-state index contributed by atoms with van der Waals surface area (Å²) >= 11 is 3.41. The normalized spacial score (nSPS) is 10.1. The van der Waals surface area contributed by atoms with Crippen molar-refractivity contribution in [3.8, 4) is 5.75 Å². The molecule has 0 aliphatic rings. The Morgan fingerprint density at radius 1 is 1.47 bits per heavy atom. The molecule has 0 aromatic heterocycles. The molecule has 0 unspecified atom stereocenters. The molecule has 1 rings (SSSR count). The summed E-state index contributed by atoms with van der Waals surface area (Å²) in [6, 6.07) is 5.74. The summed E-state index contributed by atoms with van der Waals surface area (Å²) in [5.74, 6) is 0.784. The topological polar surface area (TPSA) is 50.4 Å². The van der Waals surface area contributed by atoms with E-state index < -0.39 is 0 Å². The van der Waals surface area contributed by atoms with E-state index in [0.29, 0.717) is 13.1 Å². The monoisotopic (exact) mass is 300 g/mol. The summed E-state index contributed by atoms with van der Waals surface area (Å²) in [7, 11) is 1.62. The third-order valence-corrected chi connectivity index (χ3v) is 2.86. The first-order valence-corrected chi connectivity index (χ1v) is 6.26. The number of rotatable bonds is 6. The Morgan fingerprint density at radius 3 is 2.82 bits per heavy atom. The summed E-state index contributed by atoms with van der Waals surface area (Å²) in [6.07, 6.45) is 0. The minimum Gasteiger partial charge on any atom is -0.496 e. The van der Waals surface area contributed by atoms with Crippen molar-refractivity contribution in [1.29, 1.82) is 0 Å². The zero-order chi connectivity index (χ0) is 12.7. The van der Waals surface area contributed by atoms with Crippen LogP contribution >= 0.6 is 15.9 Å². The van der Waals surface area contributed by atoms with E-state index in [4.69, 9.17) is 4.74 Å². The SMILES string of the molecule is CCNCC(=O)NCc1ccc(OC)c(Br)c1. The van der Waals surface area contributed by atoms with Crippen LogP contribution in [0.25, 0.3) is 0 Å². The summed E-state index contributed by atoms with van der Waals surface area (Å²) in [4.78, 5) is 11.4. The number of halogens is 1. The van der Waals surface area contributed by atoms with Crippen LogP contribution in [0.1, 0.15) is 12.5 Å². The zero-order valence-electron chi connectivity index (χ0n) is 10.0. The summed E-state index contributed by atoms with van der Waals surface area (Å²) in [5.41, 5.74) is 1.03. The summed E-state index contributed by atoms with van der Waals surface area (Å²) < 4.78 is 6.02. The molecule has 0 aliphatic carbocycles. The van der Waals surface area contributed by atoms with Crippen molar-refractivity contribution in [3.05, 3.63) is 28.2 Å². The van der Waals surface area contributed by atoms with Gasteiger partial charge in [-0.25, -0.2) is 0 Å². The van der Waals surface area contributed by atoms with Crippen LogP contribution in [-0.2, 0) is 11.3 Å². The molecular formula is C12H17BrN2O2. The van der Waals surface area contributed by atoms with E-state index in [1.807, 2.05) is 25.1 Å². The molecule has 0 heterocycles. The number of likely N-dealkylation sites (N-methyl/N-ethyl adjacent to an activating group) is 1. The predicted molar refractivity (Wildman–Crippen MR) is 71.1 cm³/mol. The fourth-order valence-electron chi connectivity index (χ4n) is 1.32. The van der Waals surface area contributed by atoms with Gasteiger partial charge in [0.15, 0.2) is 0 Å². The Labute approximate surface area is 110 Å². The van der Waals surface area contributed by atoms with Crippen LogP contribution in [0.3, 0.4) is 0 Å². The number of methoxy groups -OCH3 is 1. The Kier molecular flexibility index (Phi) is 6.00. The molecule has 94 valence electrons. The summed E-state index contributed by atoms with van der Waals surface area (Å²) in [5, 5.41) is 5.81. The molecule has 4 nitrogen and oxygen atoms in total. The maximum absolute atomic E-state index is 11.4. The van der Waals surface area contributed by atoms with Crippen molar-refractivity contribution in [2.75, 3.05) is 20.2 Å². The molecule has 0 radical (unpaired) electrons. The van der Waals surface area contributed by atoms with Gasteiger partial charge in [-0.1, -0.05) is 13.0 Å². The standard InChI is InChI=1S/C12H17BrN2O2/c1-3-14-8-12(16)15-7-9-4-5-11(17-2)10(13)6-9/h4-6,14H,3,7-8H2,1-2H3,(H,15,16). The molecule has 1 amide bonds. The number of hydrogen-bond acceptors (Lipinski definition) is 3. The highest BCUT2D eigenvalue weighted by molar-refractivity contribution is 9.10. The first kappa shape index (κ1) is 14.0. The lowest BCUT2D eigenvalue weighted by Gasteiger charge is -2.08. The van der Waals surface area contributed by atoms with Crippen LogP contribution in [0.2, 0.25) is 0 Å². The maximum atomic E-state index is 11.4. The maximum Gasteiger partial charge on any atom is 0.234 e. The number of nitrogens with one attached hydrogen (secondary N) is 2. The second-order valence-electron chi connectivity index (χ2n) is 3.53. The fourth-order valence-corrected chi connectivity index (χ4v) is 1.91. The highest BCUT2D eigenvalue weighted by Crippen LogP contribution is 2.25. The molecule has 1 aromatic carbocycles. The van der Waals surface area contributed by atoms with E-state index in [-0.39, 0.29) is 5.91 Å². The number of benzene rings is 1. The van der Waals surface area contributed by atoms with Crippen LogP contribution in [0.5, 0.6) is 5.75 Å². The molecule has 0 saturated heterocycles. The van der Waals surface area contributed by atoms with Gasteiger partial charge in [-0.15, -0.1) is 0 Å². The number of amides is 1. The van der Waals surface area contributed by atoms with Crippen molar-refractivity contribution in [1.82, 2.24) is 10.6 Å². The molecule has 2 N–H and O–H groups in total. The minimum atomic E-state index is -0.00112. The lowest BCUT2D eigenvalue weighted by Crippen LogP contribution is -2.33. The van der Waals surface area contributed by atoms with Gasteiger partial charge >= 0.3 is 0 Å². The van der Waals surface area contributed by atoms with Crippen molar-refractivity contribution in [2.45, 2.75) is 13.5 Å². The molecule has 0 saturated carbocycles. The van der Waals surface area contributed by atoms with Gasteiger partial charge in [0, 0.05) is 6.54 Å². The number of carbonyl (C=O) groups is 1. The van der Waals surface area contributed by atoms with E-state index in [9.17, 15) is 4.79 Å². The quantitative estimate of drug-likeness (QED) is 0.840. The van der Waals surface area contributed by atoms with E-state index in [1.54, 1.807) is 7.11 Å². The van der Waals surface area contributed by atoms with Crippen molar-refractivity contribution < 1.29 is 9.53 Å². The van der Waals surface area contributed by atoms with Gasteiger partial charge in [-0.05, 0) is 40.2 Å². The van der Waals surface area contributed by atoms with Crippen LogP contribution in [0.4, 0.5) is 0 Å². The molecule has 0 atom stereocenters. The van der Waals surface area contributed by atoms with Gasteiger partial charge < -0.3 is 15.4 Å². The first-order chi connectivity index (χ1) is 8.17. The third kappa shape index (κ3) is 4.75. The average molecular weight is 301 g/mol.